The van der Waals surface area contributed by atoms with Crippen molar-refractivity contribution in [2.45, 2.75) is 51.4 Å². The zero-order valence-corrected chi connectivity index (χ0v) is 28.1. The molecular weight excluding hydrogens is 605 g/mol. The average Bonchev–Trinajstić information content (AvgIpc) is 3.48. The minimum absolute atomic E-state index is 0.281. The minimum Gasteiger partial charge on any atom is -0.208 e. The fraction of sp³-hybridized carbons (Fsp3) is 0.256. The molecule has 2 aromatic heterocycles. The summed E-state index contributed by atoms with van der Waals surface area (Å²) in [5.41, 5.74) is 5.33. The summed E-state index contributed by atoms with van der Waals surface area (Å²) in [6.07, 6.45) is 6.64. The fourth-order valence-electron chi connectivity index (χ4n) is 9.11. The van der Waals surface area contributed by atoms with Gasteiger partial charge in [0.25, 0.3) is 0 Å². The van der Waals surface area contributed by atoms with E-state index in [1.165, 1.54) is 52.5 Å². The van der Waals surface area contributed by atoms with E-state index < -0.39 is 0 Å². The van der Waals surface area contributed by atoms with Gasteiger partial charge in [-0.05, 0) is 114 Å². The Morgan fingerprint density at radius 2 is 1.21 bits per heavy atom. The maximum Gasteiger partial charge on any atom is 0.164 e. The molecule has 0 spiro atoms. The molecule has 9 rings (SSSR count). The van der Waals surface area contributed by atoms with Gasteiger partial charge in [-0.15, -0.1) is 11.3 Å². The van der Waals surface area contributed by atoms with Crippen LogP contribution in [0.5, 0.6) is 0 Å². The van der Waals surface area contributed by atoms with E-state index in [0.29, 0.717) is 23.0 Å². The van der Waals surface area contributed by atoms with Gasteiger partial charge < -0.3 is 0 Å². The van der Waals surface area contributed by atoms with Crippen LogP contribution in [-0.4, -0.2) is 15.0 Å². The molecule has 2 fully saturated rings. The van der Waals surface area contributed by atoms with Crippen molar-refractivity contribution in [2.75, 3.05) is 0 Å². The first-order valence-electron chi connectivity index (χ1n) is 17.2. The number of hydrogen-bond acceptors (Lipinski definition) is 5. The lowest BCUT2D eigenvalue weighted by Crippen LogP contribution is -2.42. The van der Waals surface area contributed by atoms with Crippen molar-refractivity contribution in [2.24, 2.45) is 17.8 Å². The molecule has 0 N–H and O–H groups in total. The van der Waals surface area contributed by atoms with Crippen LogP contribution >= 0.6 is 11.3 Å². The van der Waals surface area contributed by atoms with Crippen LogP contribution in [0.15, 0.2) is 103 Å². The second-order valence-electron chi connectivity index (χ2n) is 14.5. The largest absolute Gasteiger partial charge is 0.208 e. The van der Waals surface area contributed by atoms with Crippen molar-refractivity contribution < 1.29 is 0 Å². The normalized spacial score (nSPS) is 22.2. The highest BCUT2D eigenvalue weighted by Gasteiger charge is 2.45. The van der Waals surface area contributed by atoms with Gasteiger partial charge in [0.05, 0.1) is 11.6 Å². The number of benzene rings is 5. The molecule has 0 amide bonds. The molecule has 4 nitrogen and oxygen atoms in total. The van der Waals surface area contributed by atoms with Gasteiger partial charge in [0.2, 0.25) is 0 Å². The van der Waals surface area contributed by atoms with Crippen LogP contribution < -0.4 is 0 Å². The zero-order valence-electron chi connectivity index (χ0n) is 27.3. The molecule has 0 aliphatic heterocycles. The third-order valence-electron chi connectivity index (χ3n) is 10.9. The van der Waals surface area contributed by atoms with Crippen molar-refractivity contribution in [3.8, 4) is 40.2 Å². The predicted octanol–water partition coefficient (Wildman–Crippen LogP) is 11.4. The second-order valence-corrected chi connectivity index (χ2v) is 15.6. The third-order valence-corrected chi connectivity index (χ3v) is 12.0. The molecule has 2 unspecified atom stereocenters. The van der Waals surface area contributed by atoms with Crippen LogP contribution in [0.1, 0.15) is 57.1 Å². The second kappa shape index (κ2) is 11.4. The monoisotopic (exact) mass is 640 g/mol. The molecule has 5 heteroatoms. The summed E-state index contributed by atoms with van der Waals surface area (Å²) in [5, 5.41) is 14.1. The van der Waals surface area contributed by atoms with E-state index in [2.05, 4.69) is 105 Å². The van der Waals surface area contributed by atoms with Crippen LogP contribution in [0.25, 0.3) is 65.1 Å². The van der Waals surface area contributed by atoms with E-state index in [0.717, 1.165) is 50.6 Å². The zero-order chi connectivity index (χ0) is 32.4. The quantitative estimate of drug-likeness (QED) is 0.192. The van der Waals surface area contributed by atoms with Crippen molar-refractivity contribution >= 4 is 42.3 Å². The molecule has 2 saturated carbocycles. The van der Waals surface area contributed by atoms with Crippen molar-refractivity contribution in [1.29, 1.82) is 5.26 Å². The number of fused-ring (bicyclic) bond motifs is 6. The number of aromatic nitrogens is 3. The molecule has 48 heavy (non-hydrogen) atoms. The van der Waals surface area contributed by atoms with Gasteiger partial charge in [-0.2, -0.15) is 5.26 Å². The highest BCUT2D eigenvalue weighted by Crippen LogP contribution is 2.54. The van der Waals surface area contributed by atoms with Crippen LogP contribution in [0.2, 0.25) is 0 Å². The molecule has 0 radical (unpaired) electrons. The van der Waals surface area contributed by atoms with E-state index in [-0.39, 0.29) is 5.41 Å². The highest BCUT2D eigenvalue weighted by molar-refractivity contribution is 7.25. The molecule has 4 atom stereocenters. The Morgan fingerprint density at radius 3 is 1.92 bits per heavy atom. The molecule has 5 aromatic carbocycles. The van der Waals surface area contributed by atoms with Gasteiger partial charge >= 0.3 is 0 Å². The summed E-state index contributed by atoms with van der Waals surface area (Å²) in [6, 6.07) is 38.7. The summed E-state index contributed by atoms with van der Waals surface area (Å²) >= 11 is 1.74. The molecule has 2 aliphatic rings. The SMILES string of the molecule is C[C@@H]1CC2C[C@H](C)CC(c3ccc(-c4nc(-c5ccc6ccccc6c5)nc(-c5ccc6sc7ccc(C#N)cc7c6c5)n4)cc3)(C2)C1. The van der Waals surface area contributed by atoms with E-state index in [1.807, 2.05) is 18.2 Å². The standard InChI is InChI=1S/C43H36N4S/c1-26-17-29-18-27(2)23-43(22-26,24-29)35-13-10-31(11-14-35)40-45-41(33-9-8-30-5-3-4-6-32(30)20-33)47-42(46-40)34-12-16-39-37(21-34)36-19-28(25-44)7-15-38(36)48-39/h3-16,19-21,26-27,29H,17-18,22-24H2,1-2H3/t26-,27+,29?,43?. The van der Waals surface area contributed by atoms with Crippen molar-refractivity contribution in [3.05, 3.63) is 114 Å². The Kier molecular flexibility index (Phi) is 6.92. The number of nitrogens with zero attached hydrogens (tertiary/aromatic N) is 4. The van der Waals surface area contributed by atoms with Crippen molar-refractivity contribution in [3.63, 3.8) is 0 Å². The topological polar surface area (TPSA) is 62.5 Å². The smallest absolute Gasteiger partial charge is 0.164 e. The highest BCUT2D eigenvalue weighted by atomic mass is 32.1. The lowest BCUT2D eigenvalue weighted by Gasteiger charge is -2.50. The first kappa shape index (κ1) is 29.2. The number of nitriles is 1. The van der Waals surface area contributed by atoms with Crippen LogP contribution in [-0.2, 0) is 5.41 Å². The van der Waals surface area contributed by atoms with Crippen LogP contribution in [0.3, 0.4) is 0 Å². The first-order valence-corrected chi connectivity index (χ1v) is 18.0. The Labute approximate surface area is 285 Å². The van der Waals surface area contributed by atoms with Gasteiger partial charge in [0.1, 0.15) is 0 Å². The summed E-state index contributed by atoms with van der Waals surface area (Å²) in [5.74, 6) is 4.38. The van der Waals surface area contributed by atoms with Crippen LogP contribution in [0, 0.1) is 29.1 Å². The fourth-order valence-corrected chi connectivity index (χ4v) is 10.2. The summed E-state index contributed by atoms with van der Waals surface area (Å²) < 4.78 is 2.35. The van der Waals surface area contributed by atoms with E-state index in [4.69, 9.17) is 15.0 Å². The molecule has 7 aromatic rings. The van der Waals surface area contributed by atoms with Crippen molar-refractivity contribution in [1.82, 2.24) is 15.0 Å². The Balaban J connectivity index is 1.17. The lowest BCUT2D eigenvalue weighted by molar-refractivity contribution is 0.0780. The Hall–Kier alpha value is -4.92. The maximum absolute atomic E-state index is 9.57. The third kappa shape index (κ3) is 5.07. The van der Waals surface area contributed by atoms with Crippen LogP contribution in [0.4, 0.5) is 0 Å². The number of thiophene rings is 1. The molecule has 2 aliphatic carbocycles. The summed E-state index contributed by atoms with van der Waals surface area (Å²) in [4.78, 5) is 15.3. The average molecular weight is 641 g/mol. The molecular formula is C43H36N4S. The minimum atomic E-state index is 0.281. The van der Waals surface area contributed by atoms with Gasteiger partial charge in [-0.3, -0.25) is 0 Å². The van der Waals surface area contributed by atoms with E-state index >= 15 is 0 Å². The molecule has 234 valence electrons. The Bertz CT molecular complexity index is 2380. The number of hydrogen-bond donors (Lipinski definition) is 0. The van der Waals surface area contributed by atoms with Gasteiger partial charge in [0.15, 0.2) is 17.5 Å². The van der Waals surface area contributed by atoms with Gasteiger partial charge in [-0.25, -0.2) is 15.0 Å². The lowest BCUT2D eigenvalue weighted by atomic mass is 9.54. The van der Waals surface area contributed by atoms with E-state index in [9.17, 15) is 5.26 Å². The molecule has 2 heterocycles. The summed E-state index contributed by atoms with van der Waals surface area (Å²) in [7, 11) is 0. The predicted molar refractivity (Wildman–Crippen MR) is 198 cm³/mol. The Morgan fingerprint density at radius 1 is 0.625 bits per heavy atom. The first-order chi connectivity index (χ1) is 23.4. The number of rotatable bonds is 4. The molecule has 0 saturated heterocycles. The van der Waals surface area contributed by atoms with E-state index in [1.54, 1.807) is 11.3 Å². The summed E-state index contributed by atoms with van der Waals surface area (Å²) in [6.45, 7) is 4.90. The molecule has 2 bridgehead atoms. The van der Waals surface area contributed by atoms with Gasteiger partial charge in [0, 0.05) is 36.9 Å². The van der Waals surface area contributed by atoms with Gasteiger partial charge in [-0.1, -0.05) is 74.5 Å². The maximum atomic E-state index is 9.57.